The molecule has 0 spiro atoms. The maximum atomic E-state index is 13.3. The smallest absolute Gasteiger partial charge is 0.173 e. The van der Waals surface area contributed by atoms with Gasteiger partial charge in [0.1, 0.15) is 6.17 Å². The minimum absolute atomic E-state index is 0.0323. The molecule has 0 aromatic heterocycles. The van der Waals surface area contributed by atoms with Gasteiger partial charge in [0.2, 0.25) is 0 Å². The summed E-state index contributed by atoms with van der Waals surface area (Å²) in [7, 11) is -3.23. The van der Waals surface area contributed by atoms with Crippen molar-refractivity contribution < 1.29 is 12.8 Å². The second-order valence-corrected chi connectivity index (χ2v) is 6.57. The predicted octanol–water partition coefficient (Wildman–Crippen LogP) is 2.52. The Hall–Kier alpha value is -0.840. The zero-order chi connectivity index (χ0) is 13.8. The van der Waals surface area contributed by atoms with Crippen LogP contribution in [-0.2, 0) is 9.84 Å². The average Bonchev–Trinajstić information content (AvgIpc) is 2.21. The van der Waals surface area contributed by atoms with Gasteiger partial charge in [0.15, 0.2) is 9.84 Å². The van der Waals surface area contributed by atoms with Crippen LogP contribution in [-0.4, -0.2) is 38.3 Å². The average molecular weight is 263 g/mol. The number of sulfone groups is 1. The monoisotopic (exact) mass is 263 g/mol. The topological polar surface area (TPSA) is 37.4 Å². The molecule has 1 atom stereocenters. The van der Waals surface area contributed by atoms with Crippen LogP contribution in [0.1, 0.15) is 27.7 Å². The van der Waals surface area contributed by atoms with Crippen LogP contribution < -0.4 is 0 Å². The summed E-state index contributed by atoms with van der Waals surface area (Å²) in [4.78, 5) is 2.02. The minimum atomic E-state index is -3.23. The summed E-state index contributed by atoms with van der Waals surface area (Å²) in [5, 5.41) is 0. The molecule has 0 aliphatic carbocycles. The molecule has 100 valence electrons. The number of nitrogens with zero attached hydrogens (tertiary/aromatic N) is 1. The van der Waals surface area contributed by atoms with Gasteiger partial charge in [-0.2, -0.15) is 0 Å². The highest BCUT2D eigenvalue weighted by Crippen LogP contribution is 2.18. The number of alkyl halides is 1. The zero-order valence-electron chi connectivity index (χ0n) is 11.2. The molecule has 0 radical (unpaired) electrons. The first-order chi connectivity index (χ1) is 7.61. The largest absolute Gasteiger partial charge is 0.369 e. The van der Waals surface area contributed by atoms with Gasteiger partial charge in [0.25, 0.3) is 0 Å². The van der Waals surface area contributed by atoms with Gasteiger partial charge in [-0.3, -0.25) is 0 Å². The van der Waals surface area contributed by atoms with E-state index in [1.54, 1.807) is 18.7 Å². The number of hydrogen-bond acceptors (Lipinski definition) is 3. The lowest BCUT2D eigenvalue weighted by Gasteiger charge is -2.31. The number of allylic oxidation sites excluding steroid dienone is 2. The van der Waals surface area contributed by atoms with E-state index in [-0.39, 0.29) is 17.5 Å². The fourth-order valence-corrected chi connectivity index (χ4v) is 2.12. The zero-order valence-corrected chi connectivity index (χ0v) is 12.0. The van der Waals surface area contributed by atoms with Crippen LogP contribution >= 0.6 is 0 Å². The Morgan fingerprint density at radius 3 is 2.18 bits per heavy atom. The Balaban J connectivity index is 5.28. The van der Waals surface area contributed by atoms with Gasteiger partial charge in [0.05, 0.1) is 11.4 Å². The van der Waals surface area contributed by atoms with Crippen molar-refractivity contribution in [3.63, 3.8) is 0 Å². The quantitative estimate of drug-likeness (QED) is 0.691. The summed E-state index contributed by atoms with van der Waals surface area (Å²) < 4.78 is 36.2. The minimum Gasteiger partial charge on any atom is -0.369 e. The van der Waals surface area contributed by atoms with Crippen LogP contribution in [0.3, 0.4) is 0 Å². The van der Waals surface area contributed by atoms with E-state index in [1.807, 2.05) is 13.8 Å². The third-order valence-electron chi connectivity index (χ3n) is 2.75. The summed E-state index contributed by atoms with van der Waals surface area (Å²) in [6, 6.07) is 0.0323. The molecule has 0 aromatic rings. The van der Waals surface area contributed by atoms with Crippen molar-refractivity contribution in [3.8, 4) is 0 Å². The fourth-order valence-electron chi connectivity index (χ4n) is 1.47. The van der Waals surface area contributed by atoms with E-state index in [2.05, 4.69) is 6.58 Å². The molecule has 3 nitrogen and oxygen atoms in total. The SMILES string of the molecule is C=CC(F)CN(/C(C)=C(\C)S(C)(=O)=O)C(C)C. The lowest BCUT2D eigenvalue weighted by atomic mass is 10.2. The molecule has 17 heavy (non-hydrogen) atoms. The highest BCUT2D eigenvalue weighted by Gasteiger charge is 2.19. The van der Waals surface area contributed by atoms with Crippen molar-refractivity contribution in [1.82, 2.24) is 4.90 Å². The molecule has 0 aromatic carbocycles. The Labute approximate surface area is 104 Å². The molecule has 0 saturated carbocycles. The Morgan fingerprint density at radius 2 is 1.88 bits per heavy atom. The van der Waals surface area contributed by atoms with Gasteiger partial charge in [-0.1, -0.05) is 6.08 Å². The van der Waals surface area contributed by atoms with Crippen molar-refractivity contribution in [1.29, 1.82) is 0 Å². The normalized spacial score (nSPS) is 15.5. The summed E-state index contributed by atoms with van der Waals surface area (Å²) in [5.74, 6) is 0. The highest BCUT2D eigenvalue weighted by molar-refractivity contribution is 7.94. The highest BCUT2D eigenvalue weighted by atomic mass is 32.2. The first-order valence-electron chi connectivity index (χ1n) is 5.52. The van der Waals surface area contributed by atoms with Gasteiger partial charge in [-0.15, -0.1) is 6.58 Å². The molecule has 0 aliphatic rings. The van der Waals surface area contributed by atoms with Crippen LogP contribution in [0, 0.1) is 0 Å². The van der Waals surface area contributed by atoms with Crippen molar-refractivity contribution in [2.75, 3.05) is 12.8 Å². The first-order valence-corrected chi connectivity index (χ1v) is 7.41. The lowest BCUT2D eigenvalue weighted by molar-refractivity contribution is 0.223. The maximum absolute atomic E-state index is 13.3. The third kappa shape index (κ3) is 4.89. The van der Waals surface area contributed by atoms with Gasteiger partial charge < -0.3 is 4.90 Å². The van der Waals surface area contributed by atoms with Gasteiger partial charge in [-0.05, 0) is 27.7 Å². The molecule has 1 unspecified atom stereocenters. The molecular weight excluding hydrogens is 241 g/mol. The van der Waals surface area contributed by atoms with Crippen LogP contribution in [0.4, 0.5) is 4.39 Å². The van der Waals surface area contributed by atoms with Crippen molar-refractivity contribution in [3.05, 3.63) is 23.3 Å². The van der Waals surface area contributed by atoms with Gasteiger partial charge in [-0.25, -0.2) is 12.8 Å². The second kappa shape index (κ2) is 6.19. The predicted molar refractivity (Wildman–Crippen MR) is 70.2 cm³/mol. The molecular formula is C12H22FNO2S. The Bertz CT molecular complexity index is 399. The van der Waals surface area contributed by atoms with Crippen molar-refractivity contribution in [2.45, 2.75) is 39.9 Å². The summed E-state index contributed by atoms with van der Waals surface area (Å²) in [6.45, 7) is 10.6. The summed E-state index contributed by atoms with van der Waals surface area (Å²) in [6.07, 6.45) is 1.21. The molecule has 0 bridgehead atoms. The van der Waals surface area contributed by atoms with Crippen LogP contribution in [0.2, 0.25) is 0 Å². The van der Waals surface area contributed by atoms with Gasteiger partial charge >= 0.3 is 0 Å². The van der Waals surface area contributed by atoms with E-state index in [9.17, 15) is 12.8 Å². The number of rotatable bonds is 6. The Kier molecular flexibility index (Phi) is 5.88. The summed E-state index contributed by atoms with van der Waals surface area (Å²) in [5.41, 5.74) is 0.590. The van der Waals surface area contributed by atoms with Crippen LogP contribution in [0.15, 0.2) is 23.3 Å². The second-order valence-electron chi connectivity index (χ2n) is 4.41. The molecule has 0 N–H and O–H groups in total. The van der Waals surface area contributed by atoms with Crippen molar-refractivity contribution >= 4 is 9.84 Å². The van der Waals surface area contributed by atoms with E-state index in [0.717, 1.165) is 6.26 Å². The van der Waals surface area contributed by atoms with E-state index >= 15 is 0 Å². The molecule has 0 rings (SSSR count). The molecule has 5 heteroatoms. The molecule has 0 fully saturated rings. The molecule has 0 saturated heterocycles. The number of halogens is 1. The molecule has 0 heterocycles. The lowest BCUT2D eigenvalue weighted by Crippen LogP contribution is -2.35. The third-order valence-corrected chi connectivity index (χ3v) is 4.15. The first kappa shape index (κ1) is 16.2. The molecule has 0 amide bonds. The standard InChI is InChI=1S/C12H22FNO2S/c1-7-12(13)8-14(9(2)3)10(4)11(5)17(6,15)16/h7,9,12H,1,8H2,2-6H3/b11-10+. The van der Waals surface area contributed by atoms with Crippen LogP contribution in [0.25, 0.3) is 0 Å². The fraction of sp³-hybridized carbons (Fsp3) is 0.667. The number of hydrogen-bond donors (Lipinski definition) is 0. The molecule has 0 aliphatic heterocycles. The maximum Gasteiger partial charge on any atom is 0.173 e. The van der Waals surface area contributed by atoms with E-state index in [1.165, 1.54) is 6.08 Å². The van der Waals surface area contributed by atoms with E-state index in [4.69, 9.17) is 0 Å². The Morgan fingerprint density at radius 1 is 1.41 bits per heavy atom. The van der Waals surface area contributed by atoms with Gasteiger partial charge in [0, 0.05) is 18.0 Å². The summed E-state index contributed by atoms with van der Waals surface area (Å²) >= 11 is 0. The van der Waals surface area contributed by atoms with E-state index < -0.39 is 16.0 Å². The van der Waals surface area contributed by atoms with Crippen LogP contribution in [0.5, 0.6) is 0 Å². The van der Waals surface area contributed by atoms with Crippen molar-refractivity contribution in [2.24, 2.45) is 0 Å². The van der Waals surface area contributed by atoms with E-state index in [0.29, 0.717) is 5.70 Å².